The molecule has 0 radical (unpaired) electrons. The first-order valence-corrected chi connectivity index (χ1v) is 8.84. The van der Waals surface area contributed by atoms with Crippen LogP contribution in [0.25, 0.3) is 0 Å². The lowest BCUT2D eigenvalue weighted by Crippen LogP contribution is -2.38. The molecule has 0 aromatic heterocycles. The van der Waals surface area contributed by atoms with Crippen molar-refractivity contribution in [2.24, 2.45) is 0 Å². The molecule has 0 spiro atoms. The zero-order valence-corrected chi connectivity index (χ0v) is 16.1. The summed E-state index contributed by atoms with van der Waals surface area (Å²) in [5.41, 5.74) is 1.17. The number of nitrogens with one attached hydrogen (secondary N) is 1. The zero-order chi connectivity index (χ0) is 20.7. The molecule has 0 aliphatic carbocycles. The number of nitrogens with zero attached hydrogens (tertiary/aromatic N) is 2. The molecule has 0 fully saturated rings. The van der Waals surface area contributed by atoms with E-state index in [1.54, 1.807) is 31.2 Å². The maximum absolute atomic E-state index is 12.8. The van der Waals surface area contributed by atoms with Crippen LogP contribution in [-0.4, -0.2) is 41.8 Å². The first kappa shape index (κ1) is 20.9. The number of para-hydroxylation sites is 2. The minimum atomic E-state index is -0.492. The van der Waals surface area contributed by atoms with Crippen LogP contribution in [0.2, 0.25) is 0 Å². The number of anilines is 1. The lowest BCUT2D eigenvalue weighted by atomic mass is 10.1. The van der Waals surface area contributed by atoms with Crippen LogP contribution < -0.4 is 10.1 Å². The molecular formula is C20H23N3O5. The molecule has 1 N–H and O–H groups in total. The second-order valence-corrected chi connectivity index (χ2v) is 6.23. The lowest BCUT2D eigenvalue weighted by molar-refractivity contribution is -0.385. The molecule has 0 saturated carbocycles. The van der Waals surface area contributed by atoms with Crippen LogP contribution >= 0.6 is 0 Å². The normalized spacial score (nSPS) is 10.2. The van der Waals surface area contributed by atoms with Crippen LogP contribution in [0.1, 0.15) is 29.3 Å². The first-order chi connectivity index (χ1) is 13.4. The summed E-state index contributed by atoms with van der Waals surface area (Å²) in [6.45, 7) is 3.72. The van der Waals surface area contributed by atoms with Gasteiger partial charge in [-0.25, -0.2) is 0 Å². The van der Waals surface area contributed by atoms with Crippen LogP contribution in [0, 0.1) is 17.0 Å². The number of hydrogen-bond acceptors (Lipinski definition) is 5. The predicted molar refractivity (Wildman–Crippen MR) is 106 cm³/mol. The van der Waals surface area contributed by atoms with Gasteiger partial charge >= 0.3 is 0 Å². The van der Waals surface area contributed by atoms with Crippen molar-refractivity contribution >= 4 is 23.2 Å². The minimum Gasteiger partial charge on any atom is -0.495 e. The van der Waals surface area contributed by atoms with E-state index in [0.29, 0.717) is 35.5 Å². The summed E-state index contributed by atoms with van der Waals surface area (Å²) in [7, 11) is 1.51. The third kappa shape index (κ3) is 5.06. The average molecular weight is 385 g/mol. The van der Waals surface area contributed by atoms with E-state index < -0.39 is 4.92 Å². The van der Waals surface area contributed by atoms with Gasteiger partial charge in [-0.2, -0.15) is 0 Å². The number of nitro benzene ring substituents is 1. The first-order valence-electron chi connectivity index (χ1n) is 8.84. The van der Waals surface area contributed by atoms with Gasteiger partial charge in [-0.15, -0.1) is 0 Å². The molecule has 0 aliphatic rings. The molecule has 2 aromatic rings. The van der Waals surface area contributed by atoms with Gasteiger partial charge in [-0.1, -0.05) is 19.1 Å². The molecule has 2 rings (SSSR count). The van der Waals surface area contributed by atoms with E-state index in [0.717, 1.165) is 0 Å². The fourth-order valence-corrected chi connectivity index (χ4v) is 2.81. The number of carbonyl (C=O) groups is 2. The Labute approximate surface area is 163 Å². The molecule has 28 heavy (non-hydrogen) atoms. The quantitative estimate of drug-likeness (QED) is 0.554. The van der Waals surface area contributed by atoms with Gasteiger partial charge in [0, 0.05) is 23.7 Å². The predicted octanol–water partition coefficient (Wildman–Crippen LogP) is 3.40. The number of nitro groups is 1. The largest absolute Gasteiger partial charge is 0.495 e. The van der Waals surface area contributed by atoms with Gasteiger partial charge in [0.25, 0.3) is 11.6 Å². The summed E-state index contributed by atoms with van der Waals surface area (Å²) in [5.74, 6) is -0.185. The smallest absolute Gasteiger partial charge is 0.272 e. The highest BCUT2D eigenvalue weighted by atomic mass is 16.6. The summed E-state index contributed by atoms with van der Waals surface area (Å²) in [4.78, 5) is 37.2. The Balaban J connectivity index is 2.15. The highest BCUT2D eigenvalue weighted by molar-refractivity contribution is 6.00. The Kier molecular flexibility index (Phi) is 7.08. The standard InChI is InChI=1S/C20H23N3O5/c1-4-11-22(13-19(24)21-16-7-5-6-8-18(16)28-3)20(25)15-9-10-17(23(26)27)14(2)12-15/h5-10,12H,4,11,13H2,1-3H3,(H,21,24). The maximum atomic E-state index is 12.8. The van der Waals surface area contributed by atoms with Crippen molar-refractivity contribution in [3.63, 3.8) is 0 Å². The van der Waals surface area contributed by atoms with Crippen LogP contribution in [0.3, 0.4) is 0 Å². The molecule has 0 heterocycles. The Morgan fingerprint density at radius 1 is 1.21 bits per heavy atom. The molecule has 0 bridgehead atoms. The fourth-order valence-electron chi connectivity index (χ4n) is 2.81. The Morgan fingerprint density at radius 3 is 2.54 bits per heavy atom. The van der Waals surface area contributed by atoms with Crippen molar-refractivity contribution in [3.05, 3.63) is 63.7 Å². The van der Waals surface area contributed by atoms with Crippen molar-refractivity contribution in [2.75, 3.05) is 25.5 Å². The van der Waals surface area contributed by atoms with Gasteiger partial charge in [-0.05, 0) is 37.6 Å². The van der Waals surface area contributed by atoms with Crippen LogP contribution in [0.15, 0.2) is 42.5 Å². The van der Waals surface area contributed by atoms with Crippen molar-refractivity contribution in [3.8, 4) is 5.75 Å². The summed E-state index contributed by atoms with van der Waals surface area (Å²) < 4.78 is 5.21. The van der Waals surface area contributed by atoms with Crippen LogP contribution in [0.5, 0.6) is 5.75 Å². The maximum Gasteiger partial charge on any atom is 0.272 e. The number of carbonyl (C=O) groups excluding carboxylic acids is 2. The molecule has 0 saturated heterocycles. The SMILES string of the molecule is CCCN(CC(=O)Nc1ccccc1OC)C(=O)c1ccc([N+](=O)[O-])c(C)c1. The Bertz CT molecular complexity index is 882. The van der Waals surface area contributed by atoms with Gasteiger partial charge in [0.2, 0.25) is 5.91 Å². The molecule has 0 atom stereocenters. The van der Waals surface area contributed by atoms with E-state index >= 15 is 0 Å². The third-order valence-electron chi connectivity index (χ3n) is 4.14. The van der Waals surface area contributed by atoms with Gasteiger partial charge in [-0.3, -0.25) is 19.7 Å². The van der Waals surface area contributed by atoms with Gasteiger partial charge in [0.05, 0.1) is 17.7 Å². The summed E-state index contributed by atoms with van der Waals surface area (Å²) >= 11 is 0. The topological polar surface area (TPSA) is 102 Å². The van der Waals surface area contributed by atoms with E-state index in [1.165, 1.54) is 30.2 Å². The number of rotatable bonds is 8. The molecule has 0 aliphatic heterocycles. The average Bonchev–Trinajstić information content (AvgIpc) is 2.67. The number of ether oxygens (including phenoxy) is 1. The number of methoxy groups -OCH3 is 1. The van der Waals surface area contributed by atoms with Gasteiger partial charge in [0.1, 0.15) is 12.3 Å². The molecular weight excluding hydrogens is 362 g/mol. The summed E-state index contributed by atoms with van der Waals surface area (Å²) in [6.07, 6.45) is 0.666. The van der Waals surface area contributed by atoms with Gasteiger partial charge < -0.3 is 15.0 Å². The summed E-state index contributed by atoms with van der Waals surface area (Å²) in [6, 6.07) is 11.2. The van der Waals surface area contributed by atoms with E-state index in [9.17, 15) is 19.7 Å². The monoisotopic (exact) mass is 385 g/mol. The number of aryl methyl sites for hydroxylation is 1. The Morgan fingerprint density at radius 2 is 1.93 bits per heavy atom. The van der Waals surface area contributed by atoms with Crippen molar-refractivity contribution in [1.82, 2.24) is 4.90 Å². The number of benzene rings is 2. The van der Waals surface area contributed by atoms with Crippen molar-refractivity contribution in [1.29, 1.82) is 0 Å². The van der Waals surface area contributed by atoms with Crippen LogP contribution in [0.4, 0.5) is 11.4 Å². The molecule has 148 valence electrons. The minimum absolute atomic E-state index is 0.0486. The van der Waals surface area contributed by atoms with Gasteiger partial charge in [0.15, 0.2) is 0 Å². The van der Waals surface area contributed by atoms with E-state index in [1.807, 2.05) is 6.92 Å². The molecule has 8 nitrogen and oxygen atoms in total. The molecule has 2 amide bonds. The van der Waals surface area contributed by atoms with Crippen molar-refractivity contribution in [2.45, 2.75) is 20.3 Å². The number of amides is 2. The van der Waals surface area contributed by atoms with E-state index in [4.69, 9.17) is 4.74 Å². The summed E-state index contributed by atoms with van der Waals surface area (Å²) in [5, 5.41) is 13.7. The second-order valence-electron chi connectivity index (χ2n) is 6.23. The van der Waals surface area contributed by atoms with E-state index in [2.05, 4.69) is 5.32 Å². The third-order valence-corrected chi connectivity index (χ3v) is 4.14. The Hall–Kier alpha value is -3.42. The highest BCUT2D eigenvalue weighted by Crippen LogP contribution is 2.23. The molecule has 8 heteroatoms. The molecule has 2 aromatic carbocycles. The lowest BCUT2D eigenvalue weighted by Gasteiger charge is -2.22. The van der Waals surface area contributed by atoms with Crippen molar-refractivity contribution < 1.29 is 19.2 Å². The second kappa shape index (κ2) is 9.50. The zero-order valence-electron chi connectivity index (χ0n) is 16.1. The fraction of sp³-hybridized carbons (Fsp3) is 0.300. The van der Waals surface area contributed by atoms with Crippen LogP contribution in [-0.2, 0) is 4.79 Å². The molecule has 0 unspecified atom stereocenters. The van der Waals surface area contributed by atoms with E-state index in [-0.39, 0.29) is 24.0 Å². The highest BCUT2D eigenvalue weighted by Gasteiger charge is 2.21. The number of hydrogen-bond donors (Lipinski definition) is 1.